The van der Waals surface area contributed by atoms with E-state index >= 15 is 0 Å². The number of aryl methyl sites for hydroxylation is 1. The molecule has 3 aromatic carbocycles. The molecule has 30 heavy (non-hydrogen) atoms. The van der Waals surface area contributed by atoms with Gasteiger partial charge >= 0.3 is 0 Å². The maximum Gasteiger partial charge on any atom is 0.255 e. The second kappa shape index (κ2) is 9.04. The van der Waals surface area contributed by atoms with Crippen molar-refractivity contribution in [2.24, 2.45) is 0 Å². The third-order valence-electron chi connectivity index (χ3n) is 5.26. The lowest BCUT2D eigenvalue weighted by Crippen LogP contribution is -2.28. The van der Waals surface area contributed by atoms with E-state index in [9.17, 15) is 4.79 Å². The first-order valence-electron chi connectivity index (χ1n) is 10.6. The van der Waals surface area contributed by atoms with Crippen molar-refractivity contribution >= 4 is 17.3 Å². The van der Waals surface area contributed by atoms with E-state index in [1.807, 2.05) is 62.4 Å². The van der Waals surface area contributed by atoms with Crippen molar-refractivity contribution in [2.45, 2.75) is 39.3 Å². The Morgan fingerprint density at radius 2 is 1.83 bits per heavy atom. The third kappa shape index (κ3) is 4.82. The number of nitrogens with one attached hydrogen (secondary N) is 1. The second-order valence-corrected chi connectivity index (χ2v) is 8.00. The molecule has 0 fully saturated rings. The molecule has 0 bridgehead atoms. The van der Waals surface area contributed by atoms with Crippen LogP contribution in [0.25, 0.3) is 0 Å². The third-order valence-corrected chi connectivity index (χ3v) is 5.26. The van der Waals surface area contributed by atoms with Crippen LogP contribution in [0, 0.1) is 0 Å². The predicted molar refractivity (Wildman–Crippen MR) is 122 cm³/mol. The number of amides is 1. The molecule has 1 aliphatic heterocycles. The van der Waals surface area contributed by atoms with Crippen LogP contribution < -0.4 is 15.0 Å². The molecule has 0 saturated heterocycles. The number of hydrogen-bond acceptors (Lipinski definition) is 3. The summed E-state index contributed by atoms with van der Waals surface area (Å²) in [6.45, 7) is 5.88. The van der Waals surface area contributed by atoms with Crippen LogP contribution in [0.3, 0.4) is 0 Å². The van der Waals surface area contributed by atoms with Crippen LogP contribution in [0.1, 0.15) is 41.8 Å². The smallest absolute Gasteiger partial charge is 0.255 e. The molecule has 4 heteroatoms. The van der Waals surface area contributed by atoms with E-state index in [1.165, 1.54) is 23.2 Å². The molecule has 0 radical (unpaired) electrons. The Bertz CT molecular complexity index is 1010. The molecule has 4 rings (SSSR count). The van der Waals surface area contributed by atoms with Gasteiger partial charge < -0.3 is 15.0 Å². The first-order valence-corrected chi connectivity index (χ1v) is 10.6. The Hall–Kier alpha value is -3.27. The molecule has 154 valence electrons. The fraction of sp³-hybridized carbons (Fsp3) is 0.269. The predicted octanol–water partition coefficient (Wildman–Crippen LogP) is 5.68. The number of hydrogen-bond donors (Lipinski definition) is 1. The van der Waals surface area contributed by atoms with Gasteiger partial charge in [0, 0.05) is 36.1 Å². The van der Waals surface area contributed by atoms with Gasteiger partial charge in [0.05, 0.1) is 6.10 Å². The molecule has 0 saturated carbocycles. The Balaban J connectivity index is 1.41. The molecule has 1 N–H and O–H groups in total. The molecular weight excluding hydrogens is 372 g/mol. The summed E-state index contributed by atoms with van der Waals surface area (Å²) in [5.74, 6) is 0.631. The van der Waals surface area contributed by atoms with E-state index < -0.39 is 0 Å². The zero-order valence-corrected chi connectivity index (χ0v) is 17.6. The maximum absolute atomic E-state index is 12.7. The minimum atomic E-state index is -0.119. The highest BCUT2D eigenvalue weighted by molar-refractivity contribution is 6.04. The number of carbonyl (C=O) groups is 1. The topological polar surface area (TPSA) is 41.6 Å². The van der Waals surface area contributed by atoms with Crippen LogP contribution in [0.2, 0.25) is 0 Å². The zero-order chi connectivity index (χ0) is 20.9. The lowest BCUT2D eigenvalue weighted by atomic mass is 10.0. The highest BCUT2D eigenvalue weighted by Crippen LogP contribution is 2.28. The summed E-state index contributed by atoms with van der Waals surface area (Å²) in [6.07, 6.45) is 2.42. The van der Waals surface area contributed by atoms with E-state index in [0.717, 1.165) is 30.9 Å². The molecule has 1 aliphatic rings. The van der Waals surface area contributed by atoms with E-state index in [-0.39, 0.29) is 12.0 Å². The fourth-order valence-electron chi connectivity index (χ4n) is 3.88. The lowest BCUT2D eigenvalue weighted by Gasteiger charge is -2.31. The highest BCUT2D eigenvalue weighted by atomic mass is 16.5. The van der Waals surface area contributed by atoms with E-state index in [2.05, 4.69) is 34.5 Å². The molecule has 0 atom stereocenters. The number of anilines is 2. The first kappa shape index (κ1) is 20.0. The molecule has 0 unspecified atom stereocenters. The number of carbonyl (C=O) groups excluding carboxylic acids is 1. The van der Waals surface area contributed by atoms with Gasteiger partial charge in [0.2, 0.25) is 0 Å². The molecule has 0 aromatic heterocycles. The summed E-state index contributed by atoms with van der Waals surface area (Å²) in [5, 5.41) is 2.96. The molecule has 1 heterocycles. The highest BCUT2D eigenvalue weighted by Gasteiger charge is 2.16. The molecular formula is C26H28N2O2. The minimum Gasteiger partial charge on any atom is -0.491 e. The van der Waals surface area contributed by atoms with Gasteiger partial charge in [-0.3, -0.25) is 4.79 Å². The monoisotopic (exact) mass is 400 g/mol. The first-order chi connectivity index (χ1) is 14.6. The van der Waals surface area contributed by atoms with Crippen LogP contribution in [-0.4, -0.2) is 18.6 Å². The Kier molecular flexibility index (Phi) is 6.03. The average molecular weight is 401 g/mol. The van der Waals surface area contributed by atoms with E-state index in [1.54, 1.807) is 0 Å². The van der Waals surface area contributed by atoms with Gasteiger partial charge in [-0.1, -0.05) is 36.4 Å². The van der Waals surface area contributed by atoms with Crippen LogP contribution in [-0.2, 0) is 13.0 Å². The van der Waals surface area contributed by atoms with Crippen LogP contribution >= 0.6 is 0 Å². The SMILES string of the molecule is CC(C)Oc1cccc(NC(=O)c2ccc(CN3CCCc4ccccc43)cc2)c1. The van der Waals surface area contributed by atoms with Crippen molar-refractivity contribution < 1.29 is 9.53 Å². The molecule has 1 amide bonds. The Labute approximate surface area is 178 Å². The fourth-order valence-corrected chi connectivity index (χ4v) is 3.88. The Morgan fingerprint density at radius 1 is 1.03 bits per heavy atom. The summed E-state index contributed by atoms with van der Waals surface area (Å²) in [5.41, 5.74) is 5.33. The normalized spacial score (nSPS) is 13.1. The van der Waals surface area contributed by atoms with Gasteiger partial charge in [0.1, 0.15) is 5.75 Å². The molecule has 4 nitrogen and oxygen atoms in total. The van der Waals surface area contributed by atoms with Crippen molar-refractivity contribution in [3.63, 3.8) is 0 Å². The van der Waals surface area contributed by atoms with Gasteiger partial charge in [-0.05, 0) is 68.1 Å². The van der Waals surface area contributed by atoms with Crippen LogP contribution in [0.15, 0.2) is 72.8 Å². The van der Waals surface area contributed by atoms with Gasteiger partial charge in [-0.25, -0.2) is 0 Å². The van der Waals surface area contributed by atoms with Gasteiger partial charge in [0.15, 0.2) is 0 Å². The number of para-hydroxylation sites is 1. The number of nitrogens with zero attached hydrogens (tertiary/aromatic N) is 1. The number of rotatable bonds is 6. The largest absolute Gasteiger partial charge is 0.491 e. The van der Waals surface area contributed by atoms with Crippen molar-refractivity contribution in [1.82, 2.24) is 0 Å². The standard InChI is InChI=1S/C26H28N2O2/c1-19(2)30-24-10-5-9-23(17-24)27-26(29)22-14-12-20(13-15-22)18-28-16-6-8-21-7-3-4-11-25(21)28/h3-5,7,9-15,17,19H,6,8,16,18H2,1-2H3,(H,27,29). The quantitative estimate of drug-likeness (QED) is 0.579. The minimum absolute atomic E-state index is 0.0929. The average Bonchev–Trinajstić information content (AvgIpc) is 2.74. The summed E-state index contributed by atoms with van der Waals surface area (Å²) in [4.78, 5) is 15.1. The van der Waals surface area contributed by atoms with Crippen molar-refractivity contribution in [3.8, 4) is 5.75 Å². The molecule has 0 aliphatic carbocycles. The Morgan fingerprint density at radius 3 is 2.63 bits per heavy atom. The van der Waals surface area contributed by atoms with Gasteiger partial charge in [-0.2, -0.15) is 0 Å². The maximum atomic E-state index is 12.7. The van der Waals surface area contributed by atoms with Gasteiger partial charge in [0.25, 0.3) is 5.91 Å². The number of ether oxygens (including phenoxy) is 1. The number of benzene rings is 3. The second-order valence-electron chi connectivity index (χ2n) is 8.00. The van der Waals surface area contributed by atoms with Crippen LogP contribution in [0.5, 0.6) is 5.75 Å². The van der Waals surface area contributed by atoms with Gasteiger partial charge in [-0.15, -0.1) is 0 Å². The molecule has 3 aromatic rings. The van der Waals surface area contributed by atoms with Crippen molar-refractivity contribution in [2.75, 3.05) is 16.8 Å². The van der Waals surface area contributed by atoms with Crippen molar-refractivity contribution in [1.29, 1.82) is 0 Å². The van der Waals surface area contributed by atoms with E-state index in [4.69, 9.17) is 4.74 Å². The van der Waals surface area contributed by atoms with E-state index in [0.29, 0.717) is 5.56 Å². The van der Waals surface area contributed by atoms with Crippen LogP contribution in [0.4, 0.5) is 11.4 Å². The summed E-state index contributed by atoms with van der Waals surface area (Å²) in [6, 6.07) is 24.0. The zero-order valence-electron chi connectivity index (χ0n) is 17.6. The summed E-state index contributed by atoms with van der Waals surface area (Å²) in [7, 11) is 0. The lowest BCUT2D eigenvalue weighted by molar-refractivity contribution is 0.102. The summed E-state index contributed by atoms with van der Waals surface area (Å²) < 4.78 is 5.70. The van der Waals surface area contributed by atoms with Crippen molar-refractivity contribution in [3.05, 3.63) is 89.5 Å². The number of fused-ring (bicyclic) bond motifs is 1. The summed E-state index contributed by atoms with van der Waals surface area (Å²) >= 11 is 0. The molecule has 0 spiro atoms.